The van der Waals surface area contributed by atoms with Crippen LogP contribution < -0.4 is 0 Å². The third-order valence-corrected chi connectivity index (χ3v) is 4.11. The van der Waals surface area contributed by atoms with E-state index >= 15 is 0 Å². The van der Waals surface area contributed by atoms with Crippen molar-refractivity contribution in [3.63, 3.8) is 0 Å². The summed E-state index contributed by atoms with van der Waals surface area (Å²) in [7, 11) is 0. The van der Waals surface area contributed by atoms with Crippen molar-refractivity contribution < 1.29 is 19.2 Å². The molecule has 2 fully saturated rings. The van der Waals surface area contributed by atoms with E-state index in [1.807, 2.05) is 0 Å². The van der Waals surface area contributed by atoms with Gasteiger partial charge in [-0.1, -0.05) is 12.1 Å². The zero-order valence-electron chi connectivity index (χ0n) is 12.2. The largest absolute Gasteiger partial charge is 0.481 e. The maximum atomic E-state index is 11.3. The van der Waals surface area contributed by atoms with Crippen molar-refractivity contribution in [1.29, 1.82) is 0 Å². The average molecular weight is 295 g/mol. The van der Waals surface area contributed by atoms with E-state index in [0.29, 0.717) is 25.0 Å². The summed E-state index contributed by atoms with van der Waals surface area (Å²) in [6.45, 7) is 4.07. The van der Waals surface area contributed by atoms with Crippen LogP contribution in [0.25, 0.3) is 0 Å². The fourth-order valence-corrected chi connectivity index (χ4v) is 2.80. The predicted molar refractivity (Wildman–Crippen MR) is 72.7 cm³/mol. The zero-order valence-corrected chi connectivity index (χ0v) is 12.2. The molecule has 1 saturated carbocycles. The Morgan fingerprint density at radius 3 is 2.90 bits per heavy atom. The first-order valence-electron chi connectivity index (χ1n) is 7.56. The summed E-state index contributed by atoms with van der Waals surface area (Å²) in [5.41, 5.74) is 0. The molecule has 1 aromatic rings. The number of carboxylic acids is 1. The molecule has 7 heteroatoms. The van der Waals surface area contributed by atoms with Gasteiger partial charge >= 0.3 is 5.97 Å². The van der Waals surface area contributed by atoms with Crippen LogP contribution in [0.3, 0.4) is 0 Å². The number of hydrogen-bond acceptors (Lipinski definition) is 6. The van der Waals surface area contributed by atoms with Crippen LogP contribution in [0.2, 0.25) is 0 Å². The van der Waals surface area contributed by atoms with Gasteiger partial charge in [0.25, 0.3) is 0 Å². The molecular weight excluding hydrogens is 274 g/mol. The SMILES string of the molecule is CCCN(Cc1nc(C2CC2)no1)C1COCC1C(=O)O. The Morgan fingerprint density at radius 1 is 1.43 bits per heavy atom. The van der Waals surface area contributed by atoms with Crippen LogP contribution in [-0.2, 0) is 16.1 Å². The van der Waals surface area contributed by atoms with Crippen LogP contribution in [0, 0.1) is 5.92 Å². The summed E-state index contributed by atoms with van der Waals surface area (Å²) in [6, 6.07) is -0.126. The lowest BCUT2D eigenvalue weighted by atomic mass is 10.0. The van der Waals surface area contributed by atoms with E-state index in [9.17, 15) is 9.90 Å². The standard InChI is InChI=1S/C14H21N3O4/c1-2-5-17(11-8-20-7-10(11)14(18)19)6-12-15-13(16-21-12)9-3-4-9/h9-11H,2-8H2,1H3,(H,18,19). The molecule has 3 rings (SSSR count). The maximum Gasteiger partial charge on any atom is 0.310 e. The first-order chi connectivity index (χ1) is 10.2. The van der Waals surface area contributed by atoms with E-state index in [1.54, 1.807) is 0 Å². The Bertz CT molecular complexity index is 500. The molecule has 1 aliphatic carbocycles. The number of rotatable bonds is 7. The fraction of sp³-hybridized carbons (Fsp3) is 0.786. The molecule has 0 bridgehead atoms. The molecule has 0 radical (unpaired) electrons. The van der Waals surface area contributed by atoms with Gasteiger partial charge in [-0.25, -0.2) is 0 Å². The molecule has 116 valence electrons. The van der Waals surface area contributed by atoms with Gasteiger partial charge in [-0.05, 0) is 25.8 Å². The fourth-order valence-electron chi connectivity index (χ4n) is 2.80. The van der Waals surface area contributed by atoms with E-state index in [4.69, 9.17) is 9.26 Å². The molecule has 2 heterocycles. The number of carboxylic acid groups (broad SMARTS) is 1. The molecular formula is C14H21N3O4. The highest BCUT2D eigenvalue weighted by molar-refractivity contribution is 5.71. The van der Waals surface area contributed by atoms with Gasteiger partial charge in [-0.3, -0.25) is 9.69 Å². The van der Waals surface area contributed by atoms with Gasteiger partial charge in [-0.2, -0.15) is 4.98 Å². The van der Waals surface area contributed by atoms with Gasteiger partial charge in [0.05, 0.1) is 25.7 Å². The monoisotopic (exact) mass is 295 g/mol. The number of aromatic nitrogens is 2. The minimum absolute atomic E-state index is 0.126. The van der Waals surface area contributed by atoms with Crippen molar-refractivity contribution in [3.05, 3.63) is 11.7 Å². The van der Waals surface area contributed by atoms with Crippen molar-refractivity contribution in [1.82, 2.24) is 15.0 Å². The molecule has 1 aliphatic heterocycles. The number of nitrogens with zero attached hydrogens (tertiary/aromatic N) is 3. The summed E-state index contributed by atoms with van der Waals surface area (Å²) in [5, 5.41) is 13.3. The summed E-state index contributed by atoms with van der Waals surface area (Å²) >= 11 is 0. The van der Waals surface area contributed by atoms with Crippen LogP contribution in [0.15, 0.2) is 4.52 Å². The minimum Gasteiger partial charge on any atom is -0.481 e. The molecule has 1 aromatic heterocycles. The van der Waals surface area contributed by atoms with Gasteiger partial charge in [-0.15, -0.1) is 0 Å². The highest BCUT2D eigenvalue weighted by Gasteiger charge is 2.38. The van der Waals surface area contributed by atoms with Crippen LogP contribution in [0.1, 0.15) is 43.8 Å². The summed E-state index contributed by atoms with van der Waals surface area (Å²) in [4.78, 5) is 17.8. The van der Waals surface area contributed by atoms with Crippen LogP contribution in [0.4, 0.5) is 0 Å². The Hall–Kier alpha value is -1.47. The normalized spacial score (nSPS) is 25.6. The highest BCUT2D eigenvalue weighted by Crippen LogP contribution is 2.38. The van der Waals surface area contributed by atoms with Crippen molar-refractivity contribution >= 4 is 5.97 Å². The smallest absolute Gasteiger partial charge is 0.310 e. The maximum absolute atomic E-state index is 11.3. The Labute approximate surface area is 123 Å². The lowest BCUT2D eigenvalue weighted by Gasteiger charge is -2.28. The van der Waals surface area contributed by atoms with Crippen molar-refractivity contribution in [2.45, 2.75) is 44.7 Å². The molecule has 2 aliphatic rings. The van der Waals surface area contributed by atoms with Crippen LogP contribution in [-0.4, -0.2) is 51.9 Å². The minimum atomic E-state index is -0.803. The molecule has 0 amide bonds. The summed E-state index contributed by atoms with van der Waals surface area (Å²) in [5.74, 6) is 0.536. The van der Waals surface area contributed by atoms with Crippen LogP contribution in [0.5, 0.6) is 0 Å². The first-order valence-corrected chi connectivity index (χ1v) is 7.56. The highest BCUT2D eigenvalue weighted by atomic mass is 16.5. The molecule has 1 N–H and O–H groups in total. The third kappa shape index (κ3) is 3.24. The van der Waals surface area contributed by atoms with E-state index in [1.165, 1.54) is 0 Å². The zero-order chi connectivity index (χ0) is 14.8. The summed E-state index contributed by atoms with van der Waals surface area (Å²) < 4.78 is 10.7. The molecule has 0 spiro atoms. The number of aliphatic carboxylic acids is 1. The van der Waals surface area contributed by atoms with Gasteiger partial charge in [0.2, 0.25) is 5.89 Å². The van der Waals surface area contributed by atoms with Gasteiger partial charge in [0, 0.05) is 12.0 Å². The quantitative estimate of drug-likeness (QED) is 0.810. The second kappa shape index (κ2) is 6.11. The van der Waals surface area contributed by atoms with Gasteiger partial charge in [0.1, 0.15) is 0 Å². The van der Waals surface area contributed by atoms with E-state index in [-0.39, 0.29) is 12.6 Å². The average Bonchev–Trinajstić information content (AvgIpc) is 3.01. The second-order valence-electron chi connectivity index (χ2n) is 5.84. The Kier molecular flexibility index (Phi) is 4.21. The third-order valence-electron chi connectivity index (χ3n) is 4.11. The van der Waals surface area contributed by atoms with Crippen molar-refractivity contribution in [3.8, 4) is 0 Å². The predicted octanol–water partition coefficient (Wildman–Crippen LogP) is 1.26. The van der Waals surface area contributed by atoms with Crippen molar-refractivity contribution in [2.75, 3.05) is 19.8 Å². The van der Waals surface area contributed by atoms with Gasteiger partial charge < -0.3 is 14.4 Å². The summed E-state index contributed by atoms with van der Waals surface area (Å²) in [6.07, 6.45) is 3.21. The molecule has 7 nitrogen and oxygen atoms in total. The lowest BCUT2D eigenvalue weighted by molar-refractivity contribution is -0.143. The van der Waals surface area contributed by atoms with E-state index in [2.05, 4.69) is 22.0 Å². The molecule has 1 saturated heterocycles. The molecule has 2 atom stereocenters. The topological polar surface area (TPSA) is 88.7 Å². The van der Waals surface area contributed by atoms with Gasteiger partial charge in [0.15, 0.2) is 5.82 Å². The Morgan fingerprint density at radius 2 is 2.24 bits per heavy atom. The van der Waals surface area contributed by atoms with Crippen molar-refractivity contribution in [2.24, 2.45) is 5.92 Å². The molecule has 0 aromatic carbocycles. The second-order valence-corrected chi connectivity index (χ2v) is 5.84. The van der Waals surface area contributed by atoms with E-state index in [0.717, 1.165) is 31.6 Å². The van der Waals surface area contributed by atoms with Crippen LogP contribution >= 0.6 is 0 Å². The first kappa shape index (κ1) is 14.5. The number of hydrogen-bond donors (Lipinski definition) is 1. The molecule has 2 unspecified atom stereocenters. The Balaban J connectivity index is 1.69. The van der Waals surface area contributed by atoms with E-state index < -0.39 is 11.9 Å². The number of ether oxygens (including phenoxy) is 1. The lowest BCUT2D eigenvalue weighted by Crippen LogP contribution is -2.43. The number of carbonyl (C=O) groups is 1. The molecule has 21 heavy (non-hydrogen) atoms.